The molecule has 0 unspecified atom stereocenters. The molecule has 1 aliphatic heterocycles. The van der Waals surface area contributed by atoms with E-state index in [1.807, 2.05) is 68.6 Å². The molecule has 0 spiro atoms. The maximum atomic E-state index is 8.44. The zero-order valence-electron chi connectivity index (χ0n) is 36.9. The molecule has 8 aromatic rings. The number of aromatic nitrogens is 3. The van der Waals surface area contributed by atoms with Crippen LogP contribution in [0.1, 0.15) is 83.0 Å². The fourth-order valence-electron chi connectivity index (χ4n) is 8.00. The second-order valence-corrected chi connectivity index (χ2v) is 22.2. The number of hydrogen-bond donors (Lipinski definition) is 3. The van der Waals surface area contributed by atoms with Crippen molar-refractivity contribution in [2.24, 2.45) is 0 Å². The Balaban J connectivity index is 0.000000226. The van der Waals surface area contributed by atoms with Crippen molar-refractivity contribution in [1.29, 1.82) is 0 Å². The second-order valence-electron chi connectivity index (χ2n) is 17.2. The number of hydrogen-bond acceptors (Lipinski definition) is 6. The summed E-state index contributed by atoms with van der Waals surface area (Å²) in [7, 11) is -1.50. The third-order valence-corrected chi connectivity index (χ3v) is 13.1. The van der Waals surface area contributed by atoms with E-state index in [1.54, 1.807) is 0 Å². The molecule has 0 amide bonds. The van der Waals surface area contributed by atoms with Crippen molar-refractivity contribution >= 4 is 41.0 Å². The first-order valence-electron chi connectivity index (χ1n) is 21.1. The van der Waals surface area contributed by atoms with E-state index in [9.17, 15) is 0 Å². The number of pyridine rings is 1. The van der Waals surface area contributed by atoms with Gasteiger partial charge in [-0.1, -0.05) is 132 Å². The standard InChI is InChI=1S/C34H32N5O.C17H22NSi.Ir/c1-20(2)27-17-23(22-11-6-5-7-12-22)18-28(21(3)4)31(27)39-29-19-35-38-37-33(29)36-34(39)26-15-10-14-25-24-13-8-9-16-30(24)40-32(25)26;1-13(2)15-11-16(14-9-7-6-8-10-14)18-12-17(15)19(3,4)5;/h5-14,16-18,20-21,35,37-38H,19H2,1-4H3;6-9,11-13H,1-5H3;/q2*-1;/i;13D;. The van der Waals surface area contributed by atoms with Gasteiger partial charge in [-0.2, -0.15) is 5.53 Å². The number of para-hydroxylation sites is 1. The molecule has 0 bridgehead atoms. The number of hydrazine groups is 2. The van der Waals surface area contributed by atoms with Crippen LogP contribution in [0.2, 0.25) is 19.6 Å². The van der Waals surface area contributed by atoms with Gasteiger partial charge in [-0.25, -0.2) is 5.43 Å². The Morgan fingerprint density at radius 1 is 0.767 bits per heavy atom. The van der Waals surface area contributed by atoms with E-state index in [0.717, 1.165) is 61.7 Å². The number of rotatable bonds is 8. The van der Waals surface area contributed by atoms with Crippen molar-refractivity contribution in [3.05, 3.63) is 150 Å². The Morgan fingerprint density at radius 3 is 2.13 bits per heavy atom. The van der Waals surface area contributed by atoms with Gasteiger partial charge in [0.25, 0.3) is 0 Å². The number of furan rings is 1. The number of anilines is 1. The SMILES string of the molecule is CC(C)c1cc(-c2ccccc2)cc(C(C)C)c1-n1c(-c2[c-]ccc3c2oc2ccccc23)nc2c1CNNN2.[2H]C(C)(C)c1cc(-c2[c-]cccc2)ncc1[Si](C)(C)C.[Ir]. The summed E-state index contributed by atoms with van der Waals surface area (Å²) in [5.74, 6) is 1.57. The molecule has 0 saturated heterocycles. The number of imidazole rings is 1. The molecule has 3 aromatic heterocycles. The van der Waals surface area contributed by atoms with Gasteiger partial charge in [0.15, 0.2) is 5.82 Å². The summed E-state index contributed by atoms with van der Waals surface area (Å²) in [4.78, 5) is 9.77. The van der Waals surface area contributed by atoms with Gasteiger partial charge in [-0.05, 0) is 69.1 Å². The first kappa shape index (κ1) is 41.6. The predicted octanol–water partition coefficient (Wildman–Crippen LogP) is 12.3. The Labute approximate surface area is 370 Å². The molecule has 3 N–H and O–H groups in total. The average Bonchev–Trinajstić information content (AvgIpc) is 3.82. The molecular formula is C51H54IrN6OSi-2. The summed E-state index contributed by atoms with van der Waals surface area (Å²) in [6.07, 6.45) is 1.98. The third-order valence-electron chi connectivity index (χ3n) is 11.0. The van der Waals surface area contributed by atoms with Gasteiger partial charge in [0.1, 0.15) is 5.58 Å². The van der Waals surface area contributed by atoms with Crippen LogP contribution in [-0.2, 0) is 26.7 Å². The molecule has 4 heterocycles. The van der Waals surface area contributed by atoms with Crippen molar-refractivity contribution < 1.29 is 25.9 Å². The van der Waals surface area contributed by atoms with Gasteiger partial charge in [0, 0.05) is 38.7 Å². The van der Waals surface area contributed by atoms with Crippen LogP contribution in [-0.4, -0.2) is 22.6 Å². The van der Waals surface area contributed by atoms with Gasteiger partial charge < -0.3 is 14.0 Å². The van der Waals surface area contributed by atoms with Gasteiger partial charge in [0.05, 0.1) is 31.7 Å². The molecule has 0 atom stereocenters. The minimum atomic E-state index is -1.50. The zero-order chi connectivity index (χ0) is 42.3. The average molecular weight is 988 g/mol. The molecule has 1 radical (unpaired) electrons. The smallest absolute Gasteiger partial charge is 0.154 e. The molecule has 0 aliphatic carbocycles. The Bertz CT molecular complexity index is 2770. The van der Waals surface area contributed by atoms with Crippen molar-refractivity contribution in [2.45, 2.75) is 85.5 Å². The second kappa shape index (κ2) is 17.8. The molecule has 309 valence electrons. The van der Waals surface area contributed by atoms with E-state index in [2.05, 4.69) is 146 Å². The van der Waals surface area contributed by atoms with Crippen molar-refractivity contribution in [3.8, 4) is 39.5 Å². The maximum absolute atomic E-state index is 8.44. The normalized spacial score (nSPS) is 13.1. The Kier molecular flexibility index (Phi) is 12.4. The van der Waals surface area contributed by atoms with Gasteiger partial charge >= 0.3 is 0 Å². The summed E-state index contributed by atoms with van der Waals surface area (Å²) in [5.41, 5.74) is 22.3. The number of nitrogens with zero attached hydrogens (tertiary/aromatic N) is 3. The summed E-state index contributed by atoms with van der Waals surface area (Å²) in [6.45, 7) is 20.5. The first-order valence-corrected chi connectivity index (χ1v) is 24.1. The monoisotopic (exact) mass is 988 g/mol. The molecular weight excluding hydrogens is 933 g/mol. The van der Waals surface area contributed by atoms with Gasteiger partial charge in [0.2, 0.25) is 0 Å². The molecule has 0 fully saturated rings. The molecule has 9 rings (SSSR count). The van der Waals surface area contributed by atoms with E-state index in [-0.39, 0.29) is 31.9 Å². The van der Waals surface area contributed by atoms with Crippen LogP contribution in [0.25, 0.3) is 61.4 Å². The molecule has 5 aromatic carbocycles. The summed E-state index contributed by atoms with van der Waals surface area (Å²) in [6, 6.07) is 44.2. The van der Waals surface area contributed by atoms with E-state index >= 15 is 0 Å². The quantitative estimate of drug-likeness (QED) is 0.104. The largest absolute Gasteiger partial charge is 0.501 e. The van der Waals surface area contributed by atoms with Crippen molar-refractivity contribution in [2.75, 3.05) is 5.43 Å². The van der Waals surface area contributed by atoms with E-state index in [4.69, 9.17) is 10.8 Å². The molecule has 7 nitrogen and oxygen atoms in total. The van der Waals surface area contributed by atoms with Crippen LogP contribution in [0, 0.1) is 12.1 Å². The number of nitrogens with one attached hydrogen (secondary N) is 3. The van der Waals surface area contributed by atoms with Crippen LogP contribution in [0.3, 0.4) is 0 Å². The van der Waals surface area contributed by atoms with Crippen LogP contribution in [0.5, 0.6) is 0 Å². The fraction of sp³-hybridized carbons (Fsp3) is 0.255. The molecule has 0 saturated carbocycles. The van der Waals surface area contributed by atoms with E-state index in [1.165, 1.54) is 33.1 Å². The minimum absolute atomic E-state index is 0. The Hall–Kier alpha value is -5.15. The molecule has 60 heavy (non-hydrogen) atoms. The summed E-state index contributed by atoms with van der Waals surface area (Å²) in [5, 5.41) is 3.43. The minimum Gasteiger partial charge on any atom is -0.501 e. The maximum Gasteiger partial charge on any atom is 0.154 e. The topological polar surface area (TPSA) is 79.9 Å². The van der Waals surface area contributed by atoms with Crippen LogP contribution < -0.4 is 21.6 Å². The van der Waals surface area contributed by atoms with Crippen molar-refractivity contribution in [3.63, 3.8) is 0 Å². The predicted molar refractivity (Wildman–Crippen MR) is 248 cm³/mol. The first-order chi connectivity index (χ1) is 28.7. The van der Waals surface area contributed by atoms with Crippen LogP contribution in [0.15, 0.2) is 120 Å². The third kappa shape index (κ3) is 8.43. The van der Waals surface area contributed by atoms with Crippen LogP contribution >= 0.6 is 0 Å². The van der Waals surface area contributed by atoms with E-state index in [0.29, 0.717) is 6.54 Å². The van der Waals surface area contributed by atoms with Crippen molar-refractivity contribution in [1.82, 2.24) is 25.5 Å². The summed E-state index contributed by atoms with van der Waals surface area (Å²) < 4.78 is 17.2. The number of fused-ring (bicyclic) bond motifs is 4. The van der Waals surface area contributed by atoms with Gasteiger partial charge in [-0.15, -0.1) is 54.1 Å². The van der Waals surface area contributed by atoms with E-state index < -0.39 is 14.0 Å². The molecule has 9 heteroatoms. The zero-order valence-corrected chi connectivity index (χ0v) is 39.3. The summed E-state index contributed by atoms with van der Waals surface area (Å²) >= 11 is 0. The number of benzene rings is 5. The van der Waals surface area contributed by atoms with Gasteiger partial charge in [-0.3, -0.25) is 10.4 Å². The fourth-order valence-corrected chi connectivity index (χ4v) is 9.58. The Morgan fingerprint density at radius 2 is 1.47 bits per heavy atom. The molecule has 1 aliphatic rings. The van der Waals surface area contributed by atoms with Crippen LogP contribution in [0.4, 0.5) is 5.82 Å².